The molecule has 1 rings (SSSR count). The van der Waals surface area contributed by atoms with Gasteiger partial charge in [0.2, 0.25) is 0 Å². The quantitative estimate of drug-likeness (QED) is 0.501. The normalized spacial score (nSPS) is 9.73. The average Bonchev–Trinajstić information content (AvgIpc) is 1.97. The number of thiol groups is 1. The van der Waals surface area contributed by atoms with Gasteiger partial charge in [0.1, 0.15) is 11.6 Å². The van der Waals surface area contributed by atoms with Gasteiger partial charge < -0.3 is 10.5 Å². The van der Waals surface area contributed by atoms with Gasteiger partial charge in [-0.05, 0) is 6.07 Å². The Morgan fingerprint density at radius 3 is 2.73 bits per heavy atom. The van der Waals surface area contributed by atoms with Crippen molar-refractivity contribution in [3.05, 3.63) is 17.9 Å². The standard InChI is InChI=1S/C7H8FNOS/c1-10-6-2-4(8)5(9)3-7(6)11/h2-3,11H,9H2,1H3. The van der Waals surface area contributed by atoms with Crippen LogP contribution < -0.4 is 10.5 Å². The fraction of sp³-hybridized carbons (Fsp3) is 0.143. The molecular formula is C7H8FNOS. The molecule has 60 valence electrons. The van der Waals surface area contributed by atoms with Crippen molar-refractivity contribution in [3.8, 4) is 5.75 Å². The molecule has 0 fully saturated rings. The molecule has 0 aliphatic heterocycles. The molecule has 2 N–H and O–H groups in total. The monoisotopic (exact) mass is 173 g/mol. The van der Waals surface area contributed by atoms with E-state index in [2.05, 4.69) is 12.6 Å². The average molecular weight is 173 g/mol. The number of hydrogen-bond acceptors (Lipinski definition) is 3. The lowest BCUT2D eigenvalue weighted by atomic mass is 10.3. The van der Waals surface area contributed by atoms with Crippen LogP contribution in [0.3, 0.4) is 0 Å². The predicted molar refractivity (Wildman–Crippen MR) is 44.6 cm³/mol. The minimum absolute atomic E-state index is 0.0794. The molecule has 11 heavy (non-hydrogen) atoms. The molecule has 0 bridgehead atoms. The number of methoxy groups -OCH3 is 1. The Bertz CT molecular complexity index is 277. The molecule has 0 aliphatic rings. The molecule has 4 heteroatoms. The summed E-state index contributed by atoms with van der Waals surface area (Å²) >= 11 is 4.02. The molecule has 0 aromatic heterocycles. The Labute approximate surface area is 69.6 Å². The first kappa shape index (κ1) is 8.20. The summed E-state index contributed by atoms with van der Waals surface area (Å²) in [7, 11) is 1.45. The van der Waals surface area contributed by atoms with E-state index < -0.39 is 5.82 Å². The second kappa shape index (κ2) is 3.00. The first-order valence-corrected chi connectivity index (χ1v) is 3.42. The van der Waals surface area contributed by atoms with E-state index in [1.54, 1.807) is 0 Å². The molecule has 0 atom stereocenters. The van der Waals surface area contributed by atoms with Gasteiger partial charge in [0.15, 0.2) is 0 Å². The molecule has 0 unspecified atom stereocenters. The van der Waals surface area contributed by atoms with Gasteiger partial charge in [0.05, 0.1) is 12.8 Å². The largest absolute Gasteiger partial charge is 0.495 e. The number of halogens is 1. The molecule has 1 aromatic rings. The maximum absolute atomic E-state index is 12.7. The first-order valence-electron chi connectivity index (χ1n) is 2.97. The second-order valence-electron chi connectivity index (χ2n) is 2.05. The lowest BCUT2D eigenvalue weighted by Crippen LogP contribution is -1.93. The van der Waals surface area contributed by atoms with Gasteiger partial charge in [-0.1, -0.05) is 0 Å². The summed E-state index contributed by atoms with van der Waals surface area (Å²) < 4.78 is 17.5. The lowest BCUT2D eigenvalue weighted by Gasteiger charge is -2.04. The number of rotatable bonds is 1. The van der Waals surface area contributed by atoms with Crippen molar-refractivity contribution in [1.82, 2.24) is 0 Å². The zero-order valence-corrected chi connectivity index (χ0v) is 6.86. The van der Waals surface area contributed by atoms with Crippen LogP contribution in [-0.4, -0.2) is 7.11 Å². The lowest BCUT2D eigenvalue weighted by molar-refractivity contribution is 0.401. The fourth-order valence-electron chi connectivity index (χ4n) is 0.723. The Balaban J connectivity index is 3.21. The molecule has 1 aromatic carbocycles. The Morgan fingerprint density at radius 2 is 2.18 bits per heavy atom. The zero-order valence-electron chi connectivity index (χ0n) is 5.97. The van der Waals surface area contributed by atoms with Crippen LogP contribution in [-0.2, 0) is 0 Å². The molecule has 0 radical (unpaired) electrons. The predicted octanol–water partition coefficient (Wildman–Crippen LogP) is 1.71. The number of benzene rings is 1. The highest BCUT2D eigenvalue weighted by Crippen LogP contribution is 2.26. The van der Waals surface area contributed by atoms with Crippen molar-refractivity contribution in [2.45, 2.75) is 4.90 Å². The third-order valence-corrected chi connectivity index (χ3v) is 1.65. The van der Waals surface area contributed by atoms with E-state index in [9.17, 15) is 4.39 Å². The Morgan fingerprint density at radius 1 is 1.55 bits per heavy atom. The van der Waals surface area contributed by atoms with Crippen LogP contribution in [0.1, 0.15) is 0 Å². The number of hydrogen-bond donors (Lipinski definition) is 2. The second-order valence-corrected chi connectivity index (χ2v) is 2.53. The van der Waals surface area contributed by atoms with Crippen molar-refractivity contribution in [1.29, 1.82) is 0 Å². The van der Waals surface area contributed by atoms with Crippen molar-refractivity contribution in [2.75, 3.05) is 12.8 Å². The summed E-state index contributed by atoms with van der Waals surface area (Å²) in [6.45, 7) is 0. The van der Waals surface area contributed by atoms with Crippen LogP contribution >= 0.6 is 12.6 Å². The van der Waals surface area contributed by atoms with Crippen LogP contribution in [0.4, 0.5) is 10.1 Å². The number of anilines is 1. The smallest absolute Gasteiger partial charge is 0.149 e. The van der Waals surface area contributed by atoms with Gasteiger partial charge in [-0.15, -0.1) is 12.6 Å². The van der Waals surface area contributed by atoms with Crippen molar-refractivity contribution in [3.63, 3.8) is 0 Å². The molecule has 0 spiro atoms. The molecule has 0 heterocycles. The van der Waals surface area contributed by atoms with Gasteiger partial charge in [-0.2, -0.15) is 0 Å². The third-order valence-electron chi connectivity index (χ3n) is 1.30. The number of ether oxygens (including phenoxy) is 1. The van der Waals surface area contributed by atoms with E-state index in [0.29, 0.717) is 10.6 Å². The van der Waals surface area contributed by atoms with Gasteiger partial charge in [-0.3, -0.25) is 0 Å². The van der Waals surface area contributed by atoms with Gasteiger partial charge in [-0.25, -0.2) is 4.39 Å². The van der Waals surface area contributed by atoms with E-state index in [-0.39, 0.29) is 5.69 Å². The molecular weight excluding hydrogens is 165 g/mol. The third kappa shape index (κ3) is 1.57. The van der Waals surface area contributed by atoms with E-state index in [1.807, 2.05) is 0 Å². The Hall–Kier alpha value is -0.900. The first-order chi connectivity index (χ1) is 5.15. The summed E-state index contributed by atoms with van der Waals surface area (Å²) in [5, 5.41) is 0. The SMILES string of the molecule is COc1cc(F)c(N)cc1S. The molecule has 0 saturated heterocycles. The number of nitrogens with two attached hydrogens (primary N) is 1. The maximum Gasteiger partial charge on any atom is 0.149 e. The highest BCUT2D eigenvalue weighted by Gasteiger charge is 2.04. The minimum atomic E-state index is -0.486. The minimum Gasteiger partial charge on any atom is -0.495 e. The summed E-state index contributed by atoms with van der Waals surface area (Å²) in [4.78, 5) is 0.534. The summed E-state index contributed by atoms with van der Waals surface area (Å²) in [5.74, 6) is -0.0975. The van der Waals surface area contributed by atoms with Crippen molar-refractivity contribution < 1.29 is 9.13 Å². The van der Waals surface area contributed by atoms with E-state index >= 15 is 0 Å². The van der Waals surface area contributed by atoms with E-state index in [4.69, 9.17) is 10.5 Å². The maximum atomic E-state index is 12.7. The van der Waals surface area contributed by atoms with Crippen molar-refractivity contribution in [2.24, 2.45) is 0 Å². The van der Waals surface area contributed by atoms with E-state index in [1.165, 1.54) is 19.2 Å². The molecule has 0 saturated carbocycles. The van der Waals surface area contributed by atoms with Crippen LogP contribution in [0.5, 0.6) is 5.75 Å². The van der Waals surface area contributed by atoms with E-state index in [0.717, 1.165) is 0 Å². The van der Waals surface area contributed by atoms with Crippen molar-refractivity contribution >= 4 is 18.3 Å². The summed E-state index contributed by atoms with van der Waals surface area (Å²) in [6, 6.07) is 2.62. The van der Waals surface area contributed by atoms with Crippen LogP contribution in [0.2, 0.25) is 0 Å². The van der Waals surface area contributed by atoms with Gasteiger partial charge >= 0.3 is 0 Å². The fourth-order valence-corrected chi connectivity index (χ4v) is 1.02. The zero-order chi connectivity index (χ0) is 8.43. The Kier molecular flexibility index (Phi) is 2.24. The molecule has 0 amide bonds. The topological polar surface area (TPSA) is 35.2 Å². The van der Waals surface area contributed by atoms with Crippen LogP contribution in [0.15, 0.2) is 17.0 Å². The summed E-state index contributed by atoms with van der Waals surface area (Å²) in [5.41, 5.74) is 5.34. The summed E-state index contributed by atoms with van der Waals surface area (Å²) in [6.07, 6.45) is 0. The molecule has 0 aliphatic carbocycles. The van der Waals surface area contributed by atoms with Crippen LogP contribution in [0.25, 0.3) is 0 Å². The highest BCUT2D eigenvalue weighted by atomic mass is 32.1. The van der Waals surface area contributed by atoms with Crippen LogP contribution in [0, 0.1) is 5.82 Å². The number of nitrogen functional groups attached to an aromatic ring is 1. The highest BCUT2D eigenvalue weighted by molar-refractivity contribution is 7.80. The van der Waals surface area contributed by atoms with Gasteiger partial charge in [0, 0.05) is 11.0 Å². The van der Waals surface area contributed by atoms with Gasteiger partial charge in [0.25, 0.3) is 0 Å². The molecule has 2 nitrogen and oxygen atoms in total.